The van der Waals surface area contributed by atoms with Gasteiger partial charge in [0.25, 0.3) is 0 Å². The highest BCUT2D eigenvalue weighted by molar-refractivity contribution is 7.90. The molecular formula is C22H26N2O3S. The highest BCUT2D eigenvalue weighted by atomic mass is 32.2. The zero-order chi connectivity index (χ0) is 19.6. The normalized spacial score (nSPS) is 18.0. The van der Waals surface area contributed by atoms with E-state index >= 15 is 0 Å². The number of nitrogens with zero attached hydrogens (tertiary/aromatic N) is 1. The van der Waals surface area contributed by atoms with Crippen LogP contribution >= 0.6 is 0 Å². The Morgan fingerprint density at radius 1 is 0.964 bits per heavy atom. The molecular weight excluding hydrogens is 372 g/mol. The van der Waals surface area contributed by atoms with Crippen LogP contribution in [0.2, 0.25) is 0 Å². The third kappa shape index (κ3) is 4.13. The van der Waals surface area contributed by atoms with Crippen molar-refractivity contribution in [1.29, 1.82) is 0 Å². The summed E-state index contributed by atoms with van der Waals surface area (Å²) in [6.45, 7) is 1.22. The Morgan fingerprint density at radius 2 is 1.50 bits per heavy atom. The SMILES string of the molecule is O=C(NCCC(c1ccccc1)c1ccccc1)C1CN(S(=O)(=O)C2CC2)C1. The third-order valence-electron chi connectivity index (χ3n) is 5.66. The van der Waals surface area contributed by atoms with Crippen molar-refractivity contribution in [3.8, 4) is 0 Å². The van der Waals surface area contributed by atoms with E-state index in [1.165, 1.54) is 15.4 Å². The molecule has 4 rings (SSSR count). The van der Waals surface area contributed by atoms with Crippen molar-refractivity contribution >= 4 is 15.9 Å². The number of benzene rings is 2. The molecule has 1 N–H and O–H groups in total. The molecule has 1 heterocycles. The van der Waals surface area contributed by atoms with Crippen LogP contribution in [0.25, 0.3) is 0 Å². The summed E-state index contributed by atoms with van der Waals surface area (Å²) >= 11 is 0. The largest absolute Gasteiger partial charge is 0.356 e. The quantitative estimate of drug-likeness (QED) is 0.744. The van der Waals surface area contributed by atoms with Gasteiger partial charge in [0, 0.05) is 25.6 Å². The summed E-state index contributed by atoms with van der Waals surface area (Å²) in [6.07, 6.45) is 2.32. The van der Waals surface area contributed by atoms with E-state index in [-0.39, 0.29) is 23.0 Å². The van der Waals surface area contributed by atoms with Gasteiger partial charge in [-0.25, -0.2) is 8.42 Å². The van der Waals surface area contributed by atoms with Crippen molar-refractivity contribution in [2.75, 3.05) is 19.6 Å². The van der Waals surface area contributed by atoms with Gasteiger partial charge in [0.15, 0.2) is 0 Å². The minimum atomic E-state index is -3.15. The second-order valence-electron chi connectivity index (χ2n) is 7.71. The Bertz CT molecular complexity index is 866. The van der Waals surface area contributed by atoms with Crippen molar-refractivity contribution in [2.45, 2.75) is 30.4 Å². The van der Waals surface area contributed by atoms with Crippen molar-refractivity contribution in [3.63, 3.8) is 0 Å². The van der Waals surface area contributed by atoms with E-state index in [0.717, 1.165) is 19.3 Å². The predicted molar refractivity (Wildman–Crippen MR) is 109 cm³/mol. The van der Waals surface area contributed by atoms with Crippen molar-refractivity contribution in [2.24, 2.45) is 5.92 Å². The molecule has 0 unspecified atom stereocenters. The Labute approximate surface area is 166 Å². The van der Waals surface area contributed by atoms with E-state index in [2.05, 4.69) is 29.6 Å². The molecule has 0 atom stereocenters. The van der Waals surface area contributed by atoms with E-state index in [1.807, 2.05) is 36.4 Å². The number of rotatable bonds is 8. The number of hydrogen-bond acceptors (Lipinski definition) is 3. The lowest BCUT2D eigenvalue weighted by Gasteiger charge is -2.37. The van der Waals surface area contributed by atoms with Crippen LogP contribution in [-0.4, -0.2) is 43.5 Å². The molecule has 2 fully saturated rings. The van der Waals surface area contributed by atoms with Crippen molar-refractivity contribution < 1.29 is 13.2 Å². The third-order valence-corrected chi connectivity index (χ3v) is 7.99. The predicted octanol–water partition coefficient (Wildman–Crippen LogP) is 2.75. The Hall–Kier alpha value is -2.18. The van der Waals surface area contributed by atoms with E-state index in [1.54, 1.807) is 0 Å². The van der Waals surface area contributed by atoms with E-state index < -0.39 is 10.0 Å². The van der Waals surface area contributed by atoms with Crippen LogP contribution in [0.4, 0.5) is 0 Å². The van der Waals surface area contributed by atoms with Gasteiger partial charge < -0.3 is 5.32 Å². The summed E-state index contributed by atoms with van der Waals surface area (Å²) < 4.78 is 25.8. The lowest BCUT2D eigenvalue weighted by Crippen LogP contribution is -2.56. The average molecular weight is 399 g/mol. The summed E-state index contributed by atoms with van der Waals surface area (Å²) in [7, 11) is -3.15. The van der Waals surface area contributed by atoms with Gasteiger partial charge in [-0.1, -0.05) is 60.7 Å². The Balaban J connectivity index is 1.31. The van der Waals surface area contributed by atoms with Gasteiger partial charge in [-0.3, -0.25) is 4.79 Å². The molecule has 5 nitrogen and oxygen atoms in total. The number of amides is 1. The molecule has 2 aliphatic rings. The van der Waals surface area contributed by atoms with Gasteiger partial charge in [0.2, 0.25) is 15.9 Å². The maximum Gasteiger partial charge on any atom is 0.225 e. The fourth-order valence-electron chi connectivity index (χ4n) is 3.77. The molecule has 0 spiro atoms. The topological polar surface area (TPSA) is 66.5 Å². The molecule has 28 heavy (non-hydrogen) atoms. The highest BCUT2D eigenvalue weighted by Gasteiger charge is 2.46. The number of carbonyl (C=O) groups is 1. The first-order valence-corrected chi connectivity index (χ1v) is 11.4. The first-order valence-electron chi connectivity index (χ1n) is 9.92. The summed E-state index contributed by atoms with van der Waals surface area (Å²) in [5, 5.41) is 2.81. The summed E-state index contributed by atoms with van der Waals surface area (Å²) in [6, 6.07) is 20.6. The van der Waals surface area contributed by atoms with Crippen LogP contribution in [0.15, 0.2) is 60.7 Å². The molecule has 0 bridgehead atoms. The van der Waals surface area contributed by atoms with Crippen molar-refractivity contribution in [1.82, 2.24) is 9.62 Å². The second-order valence-corrected chi connectivity index (χ2v) is 9.92. The molecule has 0 aromatic heterocycles. The van der Waals surface area contributed by atoms with Crippen LogP contribution < -0.4 is 5.32 Å². The van der Waals surface area contributed by atoms with E-state index in [0.29, 0.717) is 19.6 Å². The number of sulfonamides is 1. The molecule has 6 heteroatoms. The van der Waals surface area contributed by atoms with Gasteiger partial charge >= 0.3 is 0 Å². The summed E-state index contributed by atoms with van der Waals surface area (Å²) in [5.74, 6) is -0.0432. The molecule has 1 amide bonds. The van der Waals surface area contributed by atoms with Gasteiger partial charge in [-0.15, -0.1) is 0 Å². The highest BCUT2D eigenvalue weighted by Crippen LogP contribution is 2.34. The fraction of sp³-hybridized carbons (Fsp3) is 0.409. The maximum atomic E-state index is 12.4. The smallest absolute Gasteiger partial charge is 0.225 e. The van der Waals surface area contributed by atoms with Crippen LogP contribution in [0.3, 0.4) is 0 Å². The molecule has 1 saturated heterocycles. The minimum Gasteiger partial charge on any atom is -0.356 e. The number of carbonyl (C=O) groups excluding carboxylic acids is 1. The van der Waals surface area contributed by atoms with Crippen LogP contribution in [0.1, 0.15) is 36.3 Å². The van der Waals surface area contributed by atoms with Crippen molar-refractivity contribution in [3.05, 3.63) is 71.8 Å². The van der Waals surface area contributed by atoms with Gasteiger partial charge in [-0.2, -0.15) is 4.31 Å². The lowest BCUT2D eigenvalue weighted by molar-refractivity contribution is -0.128. The maximum absolute atomic E-state index is 12.4. The minimum absolute atomic E-state index is 0.0397. The molecule has 1 saturated carbocycles. The first kappa shape index (κ1) is 19.2. The van der Waals surface area contributed by atoms with Crippen LogP contribution in [0.5, 0.6) is 0 Å². The summed E-state index contributed by atoms with van der Waals surface area (Å²) in [5.41, 5.74) is 2.46. The molecule has 1 aliphatic heterocycles. The molecule has 0 radical (unpaired) electrons. The monoisotopic (exact) mass is 398 g/mol. The van der Waals surface area contributed by atoms with Gasteiger partial charge in [0.1, 0.15) is 0 Å². The number of nitrogens with one attached hydrogen (secondary N) is 1. The molecule has 2 aromatic rings. The number of hydrogen-bond donors (Lipinski definition) is 1. The molecule has 2 aromatic carbocycles. The van der Waals surface area contributed by atoms with Gasteiger partial charge in [-0.05, 0) is 30.4 Å². The van der Waals surface area contributed by atoms with E-state index in [9.17, 15) is 13.2 Å². The zero-order valence-electron chi connectivity index (χ0n) is 15.8. The van der Waals surface area contributed by atoms with E-state index in [4.69, 9.17) is 0 Å². The molecule has 1 aliphatic carbocycles. The fourth-order valence-corrected chi connectivity index (χ4v) is 5.70. The first-order chi connectivity index (χ1) is 13.6. The second kappa shape index (κ2) is 8.05. The lowest BCUT2D eigenvalue weighted by atomic mass is 9.88. The summed E-state index contributed by atoms with van der Waals surface area (Å²) in [4.78, 5) is 12.4. The van der Waals surface area contributed by atoms with Gasteiger partial charge in [0.05, 0.1) is 11.2 Å². The average Bonchev–Trinajstić information content (AvgIpc) is 3.51. The Morgan fingerprint density at radius 3 is 2.00 bits per heavy atom. The van der Waals surface area contributed by atoms with Crippen LogP contribution in [-0.2, 0) is 14.8 Å². The zero-order valence-corrected chi connectivity index (χ0v) is 16.6. The Kier molecular flexibility index (Phi) is 5.51. The van der Waals surface area contributed by atoms with Crippen LogP contribution in [0, 0.1) is 5.92 Å². The standard InChI is InChI=1S/C22H26N2O3S/c25-22(19-15-24(16-19)28(26,27)20-11-12-20)23-14-13-21(17-7-3-1-4-8-17)18-9-5-2-6-10-18/h1-10,19-21H,11-16H2,(H,23,25). The molecule has 148 valence electrons.